The Hall–Kier alpha value is -3.46. The number of hydrogen-bond acceptors (Lipinski definition) is 11. The second kappa shape index (κ2) is 9.78. The number of carbonyl (C=O) groups excluding carboxylic acids is 1. The predicted octanol–water partition coefficient (Wildman–Crippen LogP) is 0.381. The summed E-state index contributed by atoms with van der Waals surface area (Å²) in [6, 6.07) is -1.65. The van der Waals surface area contributed by atoms with Gasteiger partial charge in [0.25, 0.3) is 5.91 Å². The van der Waals surface area contributed by atoms with Crippen molar-refractivity contribution in [1.82, 2.24) is 10.3 Å². The van der Waals surface area contributed by atoms with Crippen LogP contribution in [0, 0.1) is 0 Å². The molecule has 0 saturated carbocycles. The minimum atomic E-state index is -1.80. The Balaban J connectivity index is 2.37. The third-order valence-electron chi connectivity index (χ3n) is 3.91. The van der Waals surface area contributed by atoms with Crippen molar-refractivity contribution in [2.24, 2.45) is 10.1 Å². The molecule has 13 nitrogen and oxygen atoms in total. The first-order valence-corrected chi connectivity index (χ1v) is 10.5. The van der Waals surface area contributed by atoms with Crippen molar-refractivity contribution in [3.05, 3.63) is 22.1 Å². The summed E-state index contributed by atoms with van der Waals surface area (Å²) in [5.74, 6) is -5.26. The fourth-order valence-electron chi connectivity index (χ4n) is 2.13. The van der Waals surface area contributed by atoms with Crippen LogP contribution < -0.4 is 11.1 Å². The van der Waals surface area contributed by atoms with Crippen molar-refractivity contribution in [3.63, 3.8) is 0 Å². The third-order valence-corrected chi connectivity index (χ3v) is 5.73. The van der Waals surface area contributed by atoms with Crippen LogP contribution in [0.1, 0.15) is 26.5 Å². The van der Waals surface area contributed by atoms with E-state index in [0.717, 1.165) is 23.1 Å². The summed E-state index contributed by atoms with van der Waals surface area (Å²) in [6.07, 6.45) is 0. The van der Waals surface area contributed by atoms with E-state index in [9.17, 15) is 29.4 Å². The number of aliphatic carboxylic acids is 3. The zero-order valence-electron chi connectivity index (χ0n) is 16.9. The highest BCUT2D eigenvalue weighted by molar-refractivity contribution is 8.02. The normalized spacial score (nSPS) is 17.6. The number of nitrogens with one attached hydrogen (secondary N) is 1. The third kappa shape index (κ3) is 5.82. The van der Waals surface area contributed by atoms with Gasteiger partial charge >= 0.3 is 17.9 Å². The van der Waals surface area contributed by atoms with E-state index in [1.807, 2.05) is 0 Å². The average Bonchev–Trinajstić information content (AvgIpc) is 3.12. The molecule has 2 atom stereocenters. The Kier molecular flexibility index (Phi) is 7.58. The van der Waals surface area contributed by atoms with Gasteiger partial charge in [-0.1, -0.05) is 5.16 Å². The fraction of sp³-hybridized carbons (Fsp3) is 0.353. The van der Waals surface area contributed by atoms with Gasteiger partial charge in [0.15, 0.2) is 16.9 Å². The van der Waals surface area contributed by atoms with Gasteiger partial charge in [-0.15, -0.1) is 23.1 Å². The summed E-state index contributed by atoms with van der Waals surface area (Å²) < 4.78 is 0. The number of aromatic nitrogens is 1. The SMILES string of the molecule is CC1=CS[C@H]([C@H](NC(=O)/C(=N\OC(C)(C)C(=O)O)c2csc(N)n2)C(=O)O)N=C1C(=O)O. The number of carboxylic acids is 3. The molecule has 1 aromatic rings. The Bertz CT molecular complexity index is 1050. The topological polar surface area (TPSA) is 214 Å². The van der Waals surface area contributed by atoms with Crippen molar-refractivity contribution in [2.45, 2.75) is 37.8 Å². The van der Waals surface area contributed by atoms with E-state index in [4.69, 9.17) is 15.7 Å². The summed E-state index contributed by atoms with van der Waals surface area (Å²) in [7, 11) is 0. The van der Waals surface area contributed by atoms with Crippen LogP contribution in [-0.2, 0) is 24.0 Å². The molecule has 32 heavy (non-hydrogen) atoms. The number of carboxylic acid groups (broad SMARTS) is 3. The van der Waals surface area contributed by atoms with Crippen molar-refractivity contribution in [2.75, 3.05) is 5.73 Å². The number of nitrogens with two attached hydrogens (primary N) is 1. The molecule has 0 unspecified atom stereocenters. The molecule has 2 heterocycles. The van der Waals surface area contributed by atoms with Crippen LogP contribution in [0.5, 0.6) is 0 Å². The Morgan fingerprint density at radius 1 is 1.28 bits per heavy atom. The Morgan fingerprint density at radius 3 is 2.44 bits per heavy atom. The first-order valence-electron chi connectivity index (χ1n) is 8.71. The maximum Gasteiger partial charge on any atom is 0.354 e. The number of nitrogen functional groups attached to an aromatic ring is 1. The number of nitrogens with zero attached hydrogens (tertiary/aromatic N) is 3. The predicted molar refractivity (Wildman–Crippen MR) is 116 cm³/mol. The molecule has 0 spiro atoms. The molecule has 0 aliphatic carbocycles. The van der Waals surface area contributed by atoms with Crippen molar-refractivity contribution in [3.8, 4) is 0 Å². The molecule has 1 aromatic heterocycles. The molecular formula is C17H19N5O8S2. The molecule has 2 rings (SSSR count). The number of rotatable bonds is 9. The van der Waals surface area contributed by atoms with E-state index < -0.39 is 46.5 Å². The highest BCUT2D eigenvalue weighted by atomic mass is 32.2. The second-order valence-corrected chi connectivity index (χ2v) is 8.70. The molecule has 15 heteroatoms. The summed E-state index contributed by atoms with van der Waals surface area (Å²) in [5, 5.41) is 35.5. The molecule has 0 saturated heterocycles. The van der Waals surface area contributed by atoms with Crippen LogP contribution in [0.2, 0.25) is 0 Å². The van der Waals surface area contributed by atoms with Gasteiger partial charge in [0, 0.05) is 5.38 Å². The molecule has 0 bridgehead atoms. The van der Waals surface area contributed by atoms with E-state index in [-0.39, 0.29) is 16.5 Å². The molecule has 0 fully saturated rings. The van der Waals surface area contributed by atoms with Crippen LogP contribution in [0.4, 0.5) is 5.13 Å². The summed E-state index contributed by atoms with van der Waals surface area (Å²) >= 11 is 1.88. The van der Waals surface area contributed by atoms with Gasteiger partial charge < -0.3 is 31.2 Å². The number of amides is 1. The largest absolute Gasteiger partial charge is 0.480 e. The molecule has 6 N–H and O–H groups in total. The van der Waals surface area contributed by atoms with Crippen LogP contribution >= 0.6 is 23.1 Å². The van der Waals surface area contributed by atoms with E-state index in [2.05, 4.69) is 20.4 Å². The van der Waals surface area contributed by atoms with Gasteiger partial charge in [-0.05, 0) is 31.8 Å². The zero-order chi connectivity index (χ0) is 24.2. The first-order chi connectivity index (χ1) is 14.8. The van der Waals surface area contributed by atoms with Crippen molar-refractivity contribution >= 4 is 63.5 Å². The highest BCUT2D eigenvalue weighted by Crippen LogP contribution is 2.26. The van der Waals surface area contributed by atoms with Gasteiger partial charge in [0.05, 0.1) is 0 Å². The van der Waals surface area contributed by atoms with Gasteiger partial charge in [-0.3, -0.25) is 9.79 Å². The van der Waals surface area contributed by atoms with E-state index >= 15 is 0 Å². The molecule has 0 radical (unpaired) electrons. The number of thiazole rings is 1. The lowest BCUT2D eigenvalue weighted by molar-refractivity contribution is -0.161. The maximum atomic E-state index is 12.9. The lowest BCUT2D eigenvalue weighted by atomic mass is 10.1. The van der Waals surface area contributed by atoms with Crippen LogP contribution in [0.25, 0.3) is 0 Å². The summed E-state index contributed by atoms with van der Waals surface area (Å²) in [5.41, 5.74) is 3.18. The average molecular weight is 486 g/mol. The van der Waals surface area contributed by atoms with Gasteiger partial charge in [0.1, 0.15) is 16.8 Å². The number of aliphatic imine (C=N–C) groups is 1. The Labute approximate surface area is 189 Å². The number of anilines is 1. The number of thioether (sulfide) groups is 1. The van der Waals surface area contributed by atoms with Crippen LogP contribution in [0.15, 0.2) is 26.5 Å². The highest BCUT2D eigenvalue weighted by Gasteiger charge is 2.36. The van der Waals surface area contributed by atoms with Crippen LogP contribution in [0.3, 0.4) is 0 Å². The number of hydrogen-bond donors (Lipinski definition) is 5. The molecule has 0 aromatic carbocycles. The van der Waals surface area contributed by atoms with Crippen LogP contribution in [-0.4, -0.2) is 72.6 Å². The number of oxime groups is 1. The minimum Gasteiger partial charge on any atom is -0.480 e. The molecule has 1 amide bonds. The van der Waals surface area contributed by atoms with Gasteiger partial charge in [-0.25, -0.2) is 19.4 Å². The van der Waals surface area contributed by atoms with E-state index in [1.165, 1.54) is 31.6 Å². The first kappa shape index (κ1) is 24.8. The quantitative estimate of drug-likeness (QED) is 0.238. The molecule has 1 aliphatic heterocycles. The Morgan fingerprint density at radius 2 is 1.94 bits per heavy atom. The van der Waals surface area contributed by atoms with Crippen molar-refractivity contribution < 1.29 is 39.3 Å². The lowest BCUT2D eigenvalue weighted by Crippen LogP contribution is -2.50. The molecule has 1 aliphatic rings. The van der Waals surface area contributed by atoms with E-state index in [1.54, 1.807) is 0 Å². The smallest absolute Gasteiger partial charge is 0.354 e. The van der Waals surface area contributed by atoms with Gasteiger partial charge in [-0.2, -0.15) is 0 Å². The summed E-state index contributed by atoms with van der Waals surface area (Å²) in [4.78, 5) is 60.1. The van der Waals surface area contributed by atoms with E-state index in [0.29, 0.717) is 5.57 Å². The summed E-state index contributed by atoms with van der Waals surface area (Å²) in [6.45, 7) is 3.89. The monoisotopic (exact) mass is 485 g/mol. The zero-order valence-corrected chi connectivity index (χ0v) is 18.6. The minimum absolute atomic E-state index is 0.0721. The standard InChI is InChI=1S/C17H19N5O8S2/c1-6-4-31-12(21-8(6)13(24)25)10(14(26)27)20-11(23)9(7-5-32-16(18)19-7)22-30-17(2,3)15(28)29/h4-5,10,12H,1-3H3,(H2,18,19)(H,20,23)(H,24,25)(H,26,27)(H,28,29)/b22-9-/t10-,12+/m0/s1. The lowest BCUT2D eigenvalue weighted by Gasteiger charge is -2.24. The second-order valence-electron chi connectivity index (χ2n) is 6.82. The fourth-order valence-corrected chi connectivity index (χ4v) is 3.64. The molecular weight excluding hydrogens is 466 g/mol. The maximum absolute atomic E-state index is 12.9. The number of carbonyl (C=O) groups is 4. The van der Waals surface area contributed by atoms with Crippen molar-refractivity contribution in [1.29, 1.82) is 0 Å². The van der Waals surface area contributed by atoms with Gasteiger partial charge in [0.2, 0.25) is 5.60 Å². The molecule has 172 valence electrons.